The molecule has 8 nitrogen and oxygen atoms in total. The van der Waals surface area contributed by atoms with Crippen LogP contribution in [-0.4, -0.2) is 54.8 Å². The quantitative estimate of drug-likeness (QED) is 0.546. The van der Waals surface area contributed by atoms with E-state index in [1.807, 2.05) is 0 Å². The van der Waals surface area contributed by atoms with Gasteiger partial charge in [0.25, 0.3) is 11.7 Å². The Morgan fingerprint density at radius 2 is 2.19 bits per heavy atom. The van der Waals surface area contributed by atoms with E-state index in [-0.39, 0.29) is 11.6 Å². The first-order valence-corrected chi connectivity index (χ1v) is 8.48. The number of rotatable bonds is 4. The van der Waals surface area contributed by atoms with Crippen LogP contribution in [-0.2, 0) is 11.2 Å². The highest BCUT2D eigenvalue weighted by Crippen LogP contribution is 2.24. The number of fused-ring (bicyclic) bond motifs is 1. The Balaban J connectivity index is 1.58. The lowest BCUT2D eigenvalue weighted by molar-refractivity contribution is -0.129. The first kappa shape index (κ1) is 16.4. The van der Waals surface area contributed by atoms with E-state index >= 15 is 0 Å². The lowest BCUT2D eigenvalue weighted by atomic mass is 9.97. The molecule has 0 saturated carbocycles. The standard InChI is InChI=1S/C17H17FN6O2/c18-10-4-5-12-13(9-19-14(12)7-10)16(25)17(26)24-6-2-1-3-11(24)8-15-20-22-23-21-15/h4-5,7,9,11,19H,1-3,6,8H2,(H,20,21,22,23). The summed E-state index contributed by atoms with van der Waals surface area (Å²) in [5.41, 5.74) is 0.747. The molecule has 1 aliphatic rings. The van der Waals surface area contributed by atoms with Gasteiger partial charge in [-0.1, -0.05) is 5.21 Å². The summed E-state index contributed by atoms with van der Waals surface area (Å²) >= 11 is 0. The number of hydrogen-bond donors (Lipinski definition) is 2. The van der Waals surface area contributed by atoms with Crippen molar-refractivity contribution in [3.63, 3.8) is 0 Å². The minimum Gasteiger partial charge on any atom is -0.360 e. The number of benzene rings is 1. The molecule has 0 radical (unpaired) electrons. The third-order valence-corrected chi connectivity index (χ3v) is 4.78. The maximum absolute atomic E-state index is 13.3. The average molecular weight is 356 g/mol. The average Bonchev–Trinajstić information content (AvgIpc) is 3.30. The van der Waals surface area contributed by atoms with E-state index in [1.54, 1.807) is 4.90 Å². The van der Waals surface area contributed by atoms with Crippen LogP contribution < -0.4 is 0 Å². The molecule has 0 aliphatic carbocycles. The zero-order valence-electron chi connectivity index (χ0n) is 13.9. The second-order valence-electron chi connectivity index (χ2n) is 6.40. The highest BCUT2D eigenvalue weighted by atomic mass is 19.1. The van der Waals surface area contributed by atoms with Gasteiger partial charge < -0.3 is 9.88 Å². The summed E-state index contributed by atoms with van der Waals surface area (Å²) in [4.78, 5) is 30.1. The molecular formula is C17H17FN6O2. The molecule has 1 aromatic carbocycles. The monoisotopic (exact) mass is 356 g/mol. The van der Waals surface area contributed by atoms with Crippen LogP contribution in [0, 0.1) is 5.82 Å². The minimum atomic E-state index is -0.595. The van der Waals surface area contributed by atoms with E-state index in [9.17, 15) is 14.0 Å². The van der Waals surface area contributed by atoms with Crippen molar-refractivity contribution in [1.82, 2.24) is 30.5 Å². The maximum Gasteiger partial charge on any atom is 0.295 e. The van der Waals surface area contributed by atoms with Crippen molar-refractivity contribution in [2.45, 2.75) is 31.7 Å². The Labute approximate surface area is 147 Å². The second-order valence-corrected chi connectivity index (χ2v) is 6.40. The molecule has 1 aliphatic heterocycles. The van der Waals surface area contributed by atoms with E-state index in [0.717, 1.165) is 19.3 Å². The number of carbonyl (C=O) groups is 2. The molecule has 1 atom stereocenters. The smallest absolute Gasteiger partial charge is 0.295 e. The Morgan fingerprint density at radius 3 is 3.00 bits per heavy atom. The zero-order valence-corrected chi connectivity index (χ0v) is 13.9. The van der Waals surface area contributed by atoms with Crippen LogP contribution >= 0.6 is 0 Å². The number of amides is 1. The van der Waals surface area contributed by atoms with Crippen LogP contribution in [0.4, 0.5) is 4.39 Å². The molecule has 1 amide bonds. The van der Waals surface area contributed by atoms with Crippen molar-refractivity contribution in [2.75, 3.05) is 6.54 Å². The molecule has 4 rings (SSSR count). The number of tetrazole rings is 1. The van der Waals surface area contributed by atoms with Gasteiger partial charge in [0.15, 0.2) is 5.82 Å². The molecule has 26 heavy (non-hydrogen) atoms. The first-order chi connectivity index (χ1) is 12.6. The Hall–Kier alpha value is -3.10. The lowest BCUT2D eigenvalue weighted by Gasteiger charge is -2.34. The number of carbonyl (C=O) groups excluding carboxylic acids is 2. The van der Waals surface area contributed by atoms with Gasteiger partial charge in [-0.2, -0.15) is 5.21 Å². The topological polar surface area (TPSA) is 108 Å². The number of ketones is 1. The van der Waals surface area contributed by atoms with Gasteiger partial charge in [-0.3, -0.25) is 9.59 Å². The largest absolute Gasteiger partial charge is 0.360 e. The van der Waals surface area contributed by atoms with Crippen molar-refractivity contribution in [3.8, 4) is 0 Å². The van der Waals surface area contributed by atoms with E-state index in [4.69, 9.17) is 0 Å². The molecule has 0 bridgehead atoms. The lowest BCUT2D eigenvalue weighted by Crippen LogP contribution is -2.47. The predicted octanol–water partition coefficient (Wildman–Crippen LogP) is 1.63. The van der Waals surface area contributed by atoms with Crippen LogP contribution in [0.25, 0.3) is 10.9 Å². The number of nitrogens with one attached hydrogen (secondary N) is 2. The first-order valence-electron chi connectivity index (χ1n) is 8.48. The second kappa shape index (κ2) is 6.66. The summed E-state index contributed by atoms with van der Waals surface area (Å²) in [6.07, 6.45) is 4.53. The fraction of sp³-hybridized carbons (Fsp3) is 0.353. The Morgan fingerprint density at radius 1 is 1.31 bits per heavy atom. The van der Waals surface area contributed by atoms with E-state index < -0.39 is 17.5 Å². The summed E-state index contributed by atoms with van der Waals surface area (Å²) in [5, 5.41) is 14.3. The predicted molar refractivity (Wildman–Crippen MR) is 89.8 cm³/mol. The summed E-state index contributed by atoms with van der Waals surface area (Å²) in [6.45, 7) is 0.518. The van der Waals surface area contributed by atoms with Gasteiger partial charge in [0.05, 0.1) is 5.56 Å². The van der Waals surface area contributed by atoms with E-state index in [0.29, 0.717) is 29.7 Å². The summed E-state index contributed by atoms with van der Waals surface area (Å²) in [7, 11) is 0. The number of piperidine rings is 1. The fourth-order valence-electron chi connectivity index (χ4n) is 3.49. The highest BCUT2D eigenvalue weighted by molar-refractivity contribution is 6.44. The van der Waals surface area contributed by atoms with Crippen molar-refractivity contribution < 1.29 is 14.0 Å². The molecule has 1 unspecified atom stereocenters. The number of H-pyrrole nitrogens is 2. The van der Waals surface area contributed by atoms with Crippen molar-refractivity contribution in [1.29, 1.82) is 0 Å². The SMILES string of the molecule is O=C(C(=O)N1CCCCC1Cc1nn[nH]n1)c1c[nH]c2cc(F)ccc12. The summed E-state index contributed by atoms with van der Waals surface area (Å²) in [6, 6.07) is 3.95. The molecule has 3 heterocycles. The van der Waals surface area contributed by atoms with Gasteiger partial charge in [-0.25, -0.2) is 4.39 Å². The van der Waals surface area contributed by atoms with Gasteiger partial charge in [0, 0.05) is 36.1 Å². The zero-order chi connectivity index (χ0) is 18.1. The van der Waals surface area contributed by atoms with Gasteiger partial charge in [0.2, 0.25) is 0 Å². The van der Waals surface area contributed by atoms with Crippen LogP contribution in [0.15, 0.2) is 24.4 Å². The molecule has 134 valence electrons. The molecular weight excluding hydrogens is 339 g/mol. The number of aromatic nitrogens is 5. The van der Waals surface area contributed by atoms with Gasteiger partial charge in [-0.15, -0.1) is 10.2 Å². The number of halogens is 1. The number of hydrogen-bond acceptors (Lipinski definition) is 5. The van der Waals surface area contributed by atoms with E-state index in [1.165, 1.54) is 24.4 Å². The maximum atomic E-state index is 13.3. The number of aromatic amines is 2. The van der Waals surface area contributed by atoms with Crippen LogP contribution in [0.2, 0.25) is 0 Å². The third-order valence-electron chi connectivity index (χ3n) is 4.78. The molecule has 3 aromatic rings. The van der Waals surface area contributed by atoms with Crippen LogP contribution in [0.1, 0.15) is 35.4 Å². The van der Waals surface area contributed by atoms with Gasteiger partial charge >= 0.3 is 0 Å². The number of nitrogens with zero attached hydrogens (tertiary/aromatic N) is 4. The molecule has 0 spiro atoms. The van der Waals surface area contributed by atoms with Crippen LogP contribution in [0.5, 0.6) is 0 Å². The molecule has 9 heteroatoms. The number of likely N-dealkylation sites (tertiary alicyclic amines) is 1. The Kier molecular flexibility index (Phi) is 4.19. The Bertz CT molecular complexity index is 951. The molecule has 1 saturated heterocycles. The summed E-state index contributed by atoms with van der Waals surface area (Å²) < 4.78 is 13.3. The third kappa shape index (κ3) is 2.96. The van der Waals surface area contributed by atoms with Gasteiger partial charge in [-0.05, 0) is 37.5 Å². The highest BCUT2D eigenvalue weighted by Gasteiger charge is 2.33. The normalized spacial score (nSPS) is 17.6. The molecule has 2 N–H and O–H groups in total. The molecule has 1 fully saturated rings. The van der Waals surface area contributed by atoms with Gasteiger partial charge in [0.1, 0.15) is 5.82 Å². The summed E-state index contributed by atoms with van der Waals surface area (Å²) in [5.74, 6) is -1.03. The minimum absolute atomic E-state index is 0.138. The molecule has 2 aromatic heterocycles. The van der Waals surface area contributed by atoms with Crippen molar-refractivity contribution in [3.05, 3.63) is 41.6 Å². The number of Topliss-reactive ketones (excluding diaryl/α,β-unsaturated/α-hetero) is 1. The van der Waals surface area contributed by atoms with Crippen LogP contribution in [0.3, 0.4) is 0 Å². The van der Waals surface area contributed by atoms with Crippen molar-refractivity contribution >= 4 is 22.6 Å². The van der Waals surface area contributed by atoms with Crippen molar-refractivity contribution in [2.24, 2.45) is 0 Å². The van der Waals surface area contributed by atoms with E-state index in [2.05, 4.69) is 25.6 Å². The fourth-order valence-corrected chi connectivity index (χ4v) is 3.49.